The third kappa shape index (κ3) is 13.8. The largest absolute Gasteiger partial charge is 0.480 e. The molecule has 0 saturated heterocycles. The molecule has 2 aliphatic carbocycles. The molecule has 16 nitrogen and oxygen atoms in total. The number of rotatable bonds is 20. The Hall–Kier alpha value is -2.24. The fourth-order valence-electron chi connectivity index (χ4n) is 6.71. The minimum Gasteiger partial charge on any atom is -0.480 e. The van der Waals surface area contributed by atoms with E-state index in [1.165, 1.54) is 9.80 Å². The summed E-state index contributed by atoms with van der Waals surface area (Å²) < 4.78 is 0. The second-order valence-corrected chi connectivity index (χ2v) is 11.3. The molecule has 0 heterocycles. The molecular weight excluding hydrogens is 662 g/mol. The van der Waals surface area contributed by atoms with Crippen LogP contribution in [0.15, 0.2) is 0 Å². The van der Waals surface area contributed by atoms with E-state index in [1.807, 2.05) is 0 Å². The molecule has 2 saturated carbocycles. The first-order valence-electron chi connectivity index (χ1n) is 14.5. The molecule has 0 aromatic heterocycles. The van der Waals surface area contributed by atoms with Crippen LogP contribution >= 0.6 is 0 Å². The van der Waals surface area contributed by atoms with Gasteiger partial charge in [-0.05, 0) is 32.1 Å². The number of carboxylic acid groups (broad SMARTS) is 6. The zero-order valence-corrected chi connectivity index (χ0v) is 27.7. The van der Waals surface area contributed by atoms with Gasteiger partial charge in [-0.1, -0.05) is 25.7 Å². The maximum atomic E-state index is 11.8. The number of carboxylic acids is 6. The number of hydrogen-bond acceptors (Lipinski definition) is 10. The predicted molar refractivity (Wildman–Crippen MR) is 149 cm³/mol. The average Bonchev–Trinajstić information content (AvgIpc) is 2.89. The van der Waals surface area contributed by atoms with Crippen LogP contribution in [0.2, 0.25) is 0 Å². The SMILES string of the molecule is O=C(O)CN(CCCN(CC(=O)O)C1CCCCC1N(CC(=O)O)CC(=O)O)C1CCCCC1N(CC(=O)O)CC(=O)O.[90Y]. The van der Waals surface area contributed by atoms with Crippen LogP contribution in [0, 0.1) is 0 Å². The van der Waals surface area contributed by atoms with Crippen molar-refractivity contribution in [3.05, 3.63) is 0 Å². The van der Waals surface area contributed by atoms with E-state index in [9.17, 15) is 59.4 Å². The first kappa shape index (κ1) is 39.8. The normalized spacial score (nSPS) is 22.1. The second-order valence-electron chi connectivity index (χ2n) is 11.3. The van der Waals surface area contributed by atoms with Crippen molar-refractivity contribution in [2.24, 2.45) is 0 Å². The maximum Gasteiger partial charge on any atom is 0.317 e. The Morgan fingerprint density at radius 3 is 0.841 bits per heavy atom. The molecule has 17 heteroatoms. The van der Waals surface area contributed by atoms with E-state index in [0.717, 1.165) is 25.7 Å². The standard InChI is InChI=1S/C27H44N4O12.Y/c32-22(33)12-28(18-6-1-3-8-20(18)30(14-24(36)37)15-25(38)39)10-5-11-29(13-23(34)35)19-7-2-4-9-21(19)31(16-26(40)41)17-27(42)43;/h18-21H,1-17H2,(H,32,33)(H,34,35)(H,36,37)(H,38,39)(H,40,41)(H,42,43);/i;1+1. The maximum absolute atomic E-state index is 11.8. The van der Waals surface area contributed by atoms with E-state index in [0.29, 0.717) is 32.1 Å². The summed E-state index contributed by atoms with van der Waals surface area (Å²) in [6.07, 6.45) is 5.37. The topological polar surface area (TPSA) is 237 Å². The fourth-order valence-corrected chi connectivity index (χ4v) is 6.71. The summed E-state index contributed by atoms with van der Waals surface area (Å²) in [5, 5.41) is 56.9. The molecule has 1 radical (unpaired) electrons. The van der Waals surface area contributed by atoms with E-state index >= 15 is 0 Å². The van der Waals surface area contributed by atoms with Gasteiger partial charge in [0.2, 0.25) is 0 Å². The van der Waals surface area contributed by atoms with Gasteiger partial charge in [-0.3, -0.25) is 48.4 Å². The van der Waals surface area contributed by atoms with Gasteiger partial charge in [-0.25, -0.2) is 0 Å². The van der Waals surface area contributed by atoms with Gasteiger partial charge in [-0.15, -0.1) is 0 Å². The second kappa shape index (κ2) is 20.0. The molecule has 0 spiro atoms. The first-order valence-corrected chi connectivity index (χ1v) is 14.5. The van der Waals surface area contributed by atoms with Crippen LogP contribution in [0.25, 0.3) is 0 Å². The summed E-state index contributed by atoms with van der Waals surface area (Å²) in [4.78, 5) is 75.8. The Labute approximate surface area is 280 Å². The summed E-state index contributed by atoms with van der Waals surface area (Å²) in [7, 11) is 0. The summed E-state index contributed by atoms with van der Waals surface area (Å²) >= 11 is 0. The molecule has 2 rings (SSSR count). The van der Waals surface area contributed by atoms with Gasteiger partial charge in [0.05, 0.1) is 39.3 Å². The van der Waals surface area contributed by atoms with Crippen molar-refractivity contribution < 1.29 is 92.1 Å². The van der Waals surface area contributed by atoms with Crippen molar-refractivity contribution in [1.82, 2.24) is 19.6 Å². The quantitative estimate of drug-likeness (QED) is 0.0954. The molecule has 0 bridgehead atoms. The summed E-state index contributed by atoms with van der Waals surface area (Å²) in [6.45, 7) is -2.35. The molecule has 2 fully saturated rings. The zero-order chi connectivity index (χ0) is 32.1. The number of nitrogens with zero attached hydrogens (tertiary/aromatic N) is 4. The van der Waals surface area contributed by atoms with Gasteiger partial charge in [0.15, 0.2) is 0 Å². The van der Waals surface area contributed by atoms with Gasteiger partial charge >= 0.3 is 35.8 Å². The van der Waals surface area contributed by atoms with Crippen molar-refractivity contribution >= 4 is 35.8 Å². The zero-order valence-electron chi connectivity index (χ0n) is 24.8. The Morgan fingerprint density at radius 1 is 0.409 bits per heavy atom. The molecule has 247 valence electrons. The molecule has 0 aliphatic heterocycles. The molecule has 4 atom stereocenters. The molecule has 44 heavy (non-hydrogen) atoms. The number of aliphatic carboxylic acids is 6. The van der Waals surface area contributed by atoms with E-state index in [-0.39, 0.29) is 58.9 Å². The Balaban J connectivity index is 0.00000968. The first-order chi connectivity index (χ1) is 20.3. The Kier molecular flexibility index (Phi) is 18.1. The van der Waals surface area contributed by atoms with Crippen LogP contribution in [0.4, 0.5) is 0 Å². The van der Waals surface area contributed by atoms with Gasteiger partial charge in [0.1, 0.15) is 0 Å². The van der Waals surface area contributed by atoms with Crippen LogP contribution in [0.3, 0.4) is 0 Å². The number of hydrogen-bond donors (Lipinski definition) is 6. The molecule has 0 amide bonds. The average molecular weight is 707 g/mol. The summed E-state index contributed by atoms with van der Waals surface area (Å²) in [5.41, 5.74) is 0. The van der Waals surface area contributed by atoms with Crippen LogP contribution in [0.5, 0.6) is 0 Å². The fraction of sp³-hybridized carbons (Fsp3) is 0.778. The monoisotopic (exact) mass is 706 g/mol. The third-order valence-electron chi connectivity index (χ3n) is 8.18. The molecule has 0 aromatic carbocycles. The molecule has 2 aliphatic rings. The van der Waals surface area contributed by atoms with E-state index < -0.39 is 86.2 Å². The van der Waals surface area contributed by atoms with Crippen molar-refractivity contribution in [3.8, 4) is 0 Å². The van der Waals surface area contributed by atoms with Crippen molar-refractivity contribution in [2.45, 2.75) is 82.0 Å². The van der Waals surface area contributed by atoms with Crippen LogP contribution < -0.4 is 0 Å². The van der Waals surface area contributed by atoms with E-state index in [4.69, 9.17) is 0 Å². The van der Waals surface area contributed by atoms with Crippen molar-refractivity contribution in [1.29, 1.82) is 0 Å². The third-order valence-corrected chi connectivity index (χ3v) is 8.18. The van der Waals surface area contributed by atoms with Gasteiger partial charge in [0.25, 0.3) is 0 Å². The van der Waals surface area contributed by atoms with Gasteiger partial charge in [-0.2, -0.15) is 0 Å². The molecule has 6 N–H and O–H groups in total. The molecule has 0 aromatic rings. The Bertz CT molecular complexity index is 894. The molecular formula is C27H44N4O12Y. The predicted octanol–water partition coefficient (Wildman–Crippen LogP) is -0.288. The van der Waals surface area contributed by atoms with Crippen LogP contribution in [-0.2, 0) is 61.5 Å². The van der Waals surface area contributed by atoms with Gasteiger partial charge < -0.3 is 30.6 Å². The van der Waals surface area contributed by atoms with Crippen LogP contribution in [0.1, 0.15) is 57.8 Å². The number of carbonyl (C=O) groups is 6. The Morgan fingerprint density at radius 2 is 0.614 bits per heavy atom. The smallest absolute Gasteiger partial charge is 0.317 e. The van der Waals surface area contributed by atoms with E-state index in [2.05, 4.69) is 0 Å². The van der Waals surface area contributed by atoms with Crippen LogP contribution in [-0.4, -0.2) is 163 Å². The minimum absolute atomic E-state index is 0. The molecule has 4 unspecified atom stereocenters. The minimum atomic E-state index is -1.19. The summed E-state index contributed by atoms with van der Waals surface area (Å²) in [6, 6.07) is -1.86. The van der Waals surface area contributed by atoms with Crippen molar-refractivity contribution in [3.63, 3.8) is 0 Å². The summed E-state index contributed by atoms with van der Waals surface area (Å²) in [5.74, 6) is -6.99. The van der Waals surface area contributed by atoms with E-state index in [1.54, 1.807) is 9.80 Å². The van der Waals surface area contributed by atoms with Gasteiger partial charge in [0, 0.05) is 70.0 Å². The van der Waals surface area contributed by atoms with Crippen molar-refractivity contribution in [2.75, 3.05) is 52.4 Å².